The van der Waals surface area contributed by atoms with Gasteiger partial charge in [-0.1, -0.05) is 0 Å². The summed E-state index contributed by atoms with van der Waals surface area (Å²) < 4.78 is 90.6. The van der Waals surface area contributed by atoms with E-state index in [2.05, 4.69) is 0 Å². The molecule has 10 heteroatoms. The summed E-state index contributed by atoms with van der Waals surface area (Å²) >= 11 is 0. The number of ether oxygens (including phenoxy) is 2. The zero-order valence-corrected chi connectivity index (χ0v) is 17.6. The number of hydrogen-bond acceptors (Lipinski definition) is 4. The van der Waals surface area contributed by atoms with Crippen LogP contribution in [0.15, 0.2) is 30.3 Å². The molecule has 0 aromatic heterocycles. The monoisotopic (exact) mass is 473 g/mol. The fraction of sp³-hybridized carbons (Fsp3) is 0.435. The largest absolute Gasteiger partial charge is 0.495 e. The number of benzene rings is 2. The normalized spacial score (nSPS) is 19.1. The number of nitrogens with zero attached hydrogens (tertiary/aromatic N) is 1. The highest BCUT2D eigenvalue weighted by Crippen LogP contribution is 2.41. The van der Waals surface area contributed by atoms with E-state index in [-0.39, 0.29) is 6.42 Å². The van der Waals surface area contributed by atoms with E-state index in [0.29, 0.717) is 61.4 Å². The quantitative estimate of drug-likeness (QED) is 0.575. The fourth-order valence-electron chi connectivity index (χ4n) is 4.45. The van der Waals surface area contributed by atoms with Crippen LogP contribution < -0.4 is 9.64 Å². The summed E-state index contributed by atoms with van der Waals surface area (Å²) in [4.78, 5) is 15.0. The SMILES string of the molecule is COc1cc2c(cc1N1CCOCC1)CC(Cc1cc(C(F)(F)F)ccc1C(F)(F)F)C2=O. The van der Waals surface area contributed by atoms with Crippen molar-refractivity contribution in [3.8, 4) is 5.75 Å². The summed E-state index contributed by atoms with van der Waals surface area (Å²) in [5.74, 6) is -0.837. The van der Waals surface area contributed by atoms with Gasteiger partial charge in [-0.25, -0.2) is 0 Å². The standard InChI is InChI=1S/C23H21F6NO3/c1-32-20-12-17-13(11-19(20)30-4-6-33-7-5-30)8-15(21(17)31)9-14-10-16(22(24,25)26)2-3-18(14)23(27,28)29/h2-3,10-12,15H,4-9H2,1H3. The number of methoxy groups -OCH3 is 1. The third-order valence-electron chi connectivity index (χ3n) is 6.06. The van der Waals surface area contributed by atoms with Gasteiger partial charge in [0.05, 0.1) is 37.1 Å². The van der Waals surface area contributed by atoms with Gasteiger partial charge in [-0.3, -0.25) is 4.79 Å². The zero-order valence-electron chi connectivity index (χ0n) is 17.6. The molecule has 1 aliphatic heterocycles. The van der Waals surface area contributed by atoms with Crippen LogP contribution in [-0.2, 0) is 29.9 Å². The first-order valence-electron chi connectivity index (χ1n) is 10.3. The van der Waals surface area contributed by atoms with E-state index in [9.17, 15) is 31.1 Å². The highest BCUT2D eigenvalue weighted by atomic mass is 19.4. The Morgan fingerprint density at radius 1 is 1.03 bits per heavy atom. The van der Waals surface area contributed by atoms with E-state index in [4.69, 9.17) is 9.47 Å². The molecule has 2 aromatic carbocycles. The van der Waals surface area contributed by atoms with E-state index in [1.807, 2.05) is 4.90 Å². The molecule has 178 valence electrons. The predicted octanol–water partition coefficient (Wildman–Crippen LogP) is 5.17. The lowest BCUT2D eigenvalue weighted by Gasteiger charge is -2.30. The van der Waals surface area contributed by atoms with Gasteiger partial charge < -0.3 is 14.4 Å². The molecule has 0 spiro atoms. The zero-order chi connectivity index (χ0) is 24.0. The van der Waals surface area contributed by atoms with E-state index in [1.165, 1.54) is 7.11 Å². The molecule has 1 aliphatic carbocycles. The molecule has 4 nitrogen and oxygen atoms in total. The highest BCUT2D eigenvalue weighted by molar-refractivity contribution is 6.03. The van der Waals surface area contributed by atoms with E-state index < -0.39 is 47.2 Å². The Kier molecular flexibility index (Phi) is 6.07. The van der Waals surface area contributed by atoms with Gasteiger partial charge in [0.25, 0.3) is 0 Å². The molecule has 1 unspecified atom stereocenters. The molecule has 1 atom stereocenters. The maximum absolute atomic E-state index is 13.5. The lowest BCUT2D eigenvalue weighted by molar-refractivity contribution is -0.141. The molecule has 1 heterocycles. The smallest absolute Gasteiger partial charge is 0.416 e. The Morgan fingerprint density at radius 3 is 2.33 bits per heavy atom. The molecular weight excluding hydrogens is 452 g/mol. The van der Waals surface area contributed by atoms with Crippen molar-refractivity contribution in [2.45, 2.75) is 25.2 Å². The van der Waals surface area contributed by atoms with Gasteiger partial charge >= 0.3 is 12.4 Å². The van der Waals surface area contributed by atoms with Crippen molar-refractivity contribution in [1.82, 2.24) is 0 Å². The van der Waals surface area contributed by atoms with Gasteiger partial charge in [0, 0.05) is 24.6 Å². The number of anilines is 1. The van der Waals surface area contributed by atoms with Crippen molar-refractivity contribution in [2.75, 3.05) is 38.3 Å². The highest BCUT2D eigenvalue weighted by Gasteiger charge is 2.39. The number of morpholine rings is 1. The van der Waals surface area contributed by atoms with Crippen LogP contribution in [0.4, 0.5) is 32.0 Å². The predicted molar refractivity (Wildman–Crippen MR) is 108 cm³/mol. The van der Waals surface area contributed by atoms with E-state index in [1.54, 1.807) is 12.1 Å². The van der Waals surface area contributed by atoms with Gasteiger partial charge in [0.15, 0.2) is 5.78 Å². The lowest BCUT2D eigenvalue weighted by atomic mass is 9.91. The minimum Gasteiger partial charge on any atom is -0.495 e. The molecule has 0 amide bonds. The minimum absolute atomic E-state index is 0.142. The molecule has 2 aliphatic rings. The Bertz CT molecular complexity index is 1060. The first-order valence-corrected chi connectivity index (χ1v) is 10.3. The first-order chi connectivity index (χ1) is 15.5. The van der Waals surface area contributed by atoms with Crippen molar-refractivity contribution in [1.29, 1.82) is 0 Å². The number of halogens is 6. The second-order valence-electron chi connectivity index (χ2n) is 8.12. The molecule has 0 radical (unpaired) electrons. The molecule has 0 bridgehead atoms. The van der Waals surface area contributed by atoms with Crippen LogP contribution in [0.5, 0.6) is 5.75 Å². The minimum atomic E-state index is -4.83. The van der Waals surface area contributed by atoms with E-state index >= 15 is 0 Å². The van der Waals surface area contributed by atoms with Crippen molar-refractivity contribution >= 4 is 11.5 Å². The summed E-state index contributed by atoms with van der Waals surface area (Å²) in [6.45, 7) is 2.28. The number of alkyl halides is 6. The van der Waals surface area contributed by atoms with Crippen LogP contribution in [0.3, 0.4) is 0 Å². The molecule has 33 heavy (non-hydrogen) atoms. The first kappa shape index (κ1) is 23.4. The molecular formula is C23H21F6NO3. The topological polar surface area (TPSA) is 38.8 Å². The lowest BCUT2D eigenvalue weighted by Crippen LogP contribution is -2.36. The van der Waals surface area contributed by atoms with Crippen LogP contribution in [0.1, 0.15) is 32.6 Å². The number of carbonyl (C=O) groups is 1. The van der Waals surface area contributed by atoms with Crippen LogP contribution in [0, 0.1) is 5.92 Å². The Labute approximate surface area is 186 Å². The molecule has 4 rings (SSSR count). The summed E-state index contributed by atoms with van der Waals surface area (Å²) in [6, 6.07) is 4.70. The number of Topliss-reactive ketones (excluding diaryl/α,β-unsaturated/α-hetero) is 1. The third-order valence-corrected chi connectivity index (χ3v) is 6.06. The van der Waals surface area contributed by atoms with Gasteiger partial charge in [0.2, 0.25) is 0 Å². The number of rotatable bonds is 4. The van der Waals surface area contributed by atoms with Gasteiger partial charge in [-0.2, -0.15) is 26.3 Å². The number of carbonyl (C=O) groups excluding carboxylic acids is 1. The average Bonchev–Trinajstić information content (AvgIpc) is 3.06. The van der Waals surface area contributed by atoms with Crippen LogP contribution >= 0.6 is 0 Å². The van der Waals surface area contributed by atoms with Gasteiger partial charge in [0.1, 0.15) is 5.75 Å². The van der Waals surface area contributed by atoms with Crippen LogP contribution in [0.2, 0.25) is 0 Å². The second kappa shape index (κ2) is 8.55. The van der Waals surface area contributed by atoms with Crippen molar-refractivity contribution < 1.29 is 40.6 Å². The molecule has 1 fully saturated rings. The molecule has 2 aromatic rings. The van der Waals surface area contributed by atoms with Crippen LogP contribution in [-0.4, -0.2) is 39.2 Å². The van der Waals surface area contributed by atoms with Gasteiger partial charge in [-0.15, -0.1) is 0 Å². The molecule has 1 saturated heterocycles. The van der Waals surface area contributed by atoms with Crippen molar-refractivity contribution in [2.24, 2.45) is 5.92 Å². The summed E-state index contributed by atoms with van der Waals surface area (Å²) in [5.41, 5.74) is -1.15. The summed E-state index contributed by atoms with van der Waals surface area (Å²) in [6.07, 6.45) is -9.92. The molecule has 0 N–H and O–H groups in total. The summed E-state index contributed by atoms with van der Waals surface area (Å²) in [7, 11) is 1.46. The Balaban J connectivity index is 1.66. The van der Waals surface area contributed by atoms with Crippen molar-refractivity contribution in [3.05, 3.63) is 58.1 Å². The number of ketones is 1. The number of fused-ring (bicyclic) bond motifs is 1. The van der Waals surface area contributed by atoms with Gasteiger partial charge in [-0.05, 0) is 54.3 Å². The maximum Gasteiger partial charge on any atom is 0.416 e. The maximum atomic E-state index is 13.5. The number of hydrogen-bond donors (Lipinski definition) is 0. The third kappa shape index (κ3) is 4.66. The van der Waals surface area contributed by atoms with Crippen molar-refractivity contribution in [3.63, 3.8) is 0 Å². The average molecular weight is 473 g/mol. The van der Waals surface area contributed by atoms with E-state index in [0.717, 1.165) is 5.69 Å². The van der Waals surface area contributed by atoms with Crippen LogP contribution in [0.25, 0.3) is 0 Å². The Hall–Kier alpha value is -2.75. The molecule has 0 saturated carbocycles. The fourth-order valence-corrected chi connectivity index (χ4v) is 4.45. The summed E-state index contributed by atoms with van der Waals surface area (Å²) in [5, 5.41) is 0. The Morgan fingerprint density at radius 2 is 1.73 bits per heavy atom. The second-order valence-corrected chi connectivity index (χ2v) is 8.12.